The van der Waals surface area contributed by atoms with E-state index in [9.17, 15) is 14.0 Å². The maximum Gasteiger partial charge on any atom is 0.245 e. The van der Waals surface area contributed by atoms with Gasteiger partial charge in [0.15, 0.2) is 0 Å². The summed E-state index contributed by atoms with van der Waals surface area (Å²) in [7, 11) is 0. The molecule has 2 aromatic rings. The first-order valence-electron chi connectivity index (χ1n) is 8.38. The van der Waals surface area contributed by atoms with Gasteiger partial charge in [0.1, 0.15) is 17.5 Å². The number of piperazine rings is 1. The minimum Gasteiger partial charge on any atom is -0.332 e. The fourth-order valence-electron chi connectivity index (χ4n) is 3.04. The minimum absolute atomic E-state index is 0.0389. The number of hydrogen-bond acceptors (Lipinski definition) is 3. The van der Waals surface area contributed by atoms with Crippen molar-refractivity contribution in [3.8, 4) is 5.69 Å². The molecule has 2 amide bonds. The normalized spacial score (nSPS) is 18.1. The molecule has 0 radical (unpaired) electrons. The van der Waals surface area contributed by atoms with Gasteiger partial charge in [-0.15, -0.1) is 0 Å². The Morgan fingerprint density at radius 2 is 2.04 bits per heavy atom. The molecule has 0 unspecified atom stereocenters. The Morgan fingerprint density at radius 3 is 2.76 bits per heavy atom. The van der Waals surface area contributed by atoms with Crippen LogP contribution in [0.3, 0.4) is 0 Å². The molecule has 1 atom stereocenters. The zero-order chi connectivity index (χ0) is 18.0. The summed E-state index contributed by atoms with van der Waals surface area (Å²) in [5.41, 5.74) is 1.09. The van der Waals surface area contributed by atoms with Crippen LogP contribution in [0.4, 0.5) is 4.39 Å². The van der Waals surface area contributed by atoms with E-state index in [1.54, 1.807) is 47.3 Å². The summed E-state index contributed by atoms with van der Waals surface area (Å²) in [6.45, 7) is 4.70. The van der Waals surface area contributed by atoms with Gasteiger partial charge in [0.25, 0.3) is 0 Å². The number of benzene rings is 1. The van der Waals surface area contributed by atoms with Crippen LogP contribution in [0.1, 0.15) is 25.8 Å². The zero-order valence-electron chi connectivity index (χ0n) is 14.4. The van der Waals surface area contributed by atoms with E-state index < -0.39 is 6.04 Å². The molecule has 0 saturated carbocycles. The van der Waals surface area contributed by atoms with Crippen molar-refractivity contribution < 1.29 is 14.0 Å². The fourth-order valence-corrected chi connectivity index (χ4v) is 3.04. The summed E-state index contributed by atoms with van der Waals surface area (Å²) in [6, 6.07) is 5.84. The lowest BCUT2D eigenvalue weighted by Gasteiger charge is -2.38. The number of carbonyl (C=O) groups is 2. The van der Waals surface area contributed by atoms with Crippen molar-refractivity contribution in [3.05, 3.63) is 48.0 Å². The maximum atomic E-state index is 13.9. The van der Waals surface area contributed by atoms with Crippen molar-refractivity contribution in [1.82, 2.24) is 19.6 Å². The lowest BCUT2D eigenvalue weighted by molar-refractivity contribution is -0.155. The van der Waals surface area contributed by atoms with E-state index in [4.69, 9.17) is 0 Å². The summed E-state index contributed by atoms with van der Waals surface area (Å²) in [5, 5.41) is 4.17. The molecule has 1 fully saturated rings. The second kappa shape index (κ2) is 7.04. The maximum absolute atomic E-state index is 13.9. The van der Waals surface area contributed by atoms with Crippen molar-refractivity contribution in [2.24, 2.45) is 0 Å². The number of nitrogens with zero attached hydrogens (tertiary/aromatic N) is 4. The van der Waals surface area contributed by atoms with Crippen LogP contribution in [0.15, 0.2) is 36.7 Å². The first kappa shape index (κ1) is 17.1. The van der Waals surface area contributed by atoms with E-state index in [-0.39, 0.29) is 30.7 Å². The van der Waals surface area contributed by atoms with Crippen molar-refractivity contribution >= 4 is 11.8 Å². The summed E-state index contributed by atoms with van der Waals surface area (Å²) in [6.07, 6.45) is 4.10. The number of amides is 2. The van der Waals surface area contributed by atoms with Gasteiger partial charge in [0.2, 0.25) is 11.8 Å². The molecule has 0 N–H and O–H groups in total. The molecular weight excluding hydrogens is 323 g/mol. The van der Waals surface area contributed by atoms with Gasteiger partial charge in [-0.25, -0.2) is 9.07 Å². The number of halogens is 1. The molecule has 3 rings (SSSR count). The van der Waals surface area contributed by atoms with Crippen LogP contribution in [-0.4, -0.2) is 50.5 Å². The van der Waals surface area contributed by atoms with Crippen LogP contribution in [0.2, 0.25) is 0 Å². The Kier molecular flexibility index (Phi) is 4.83. The van der Waals surface area contributed by atoms with Gasteiger partial charge < -0.3 is 9.80 Å². The van der Waals surface area contributed by atoms with Gasteiger partial charge in [-0.2, -0.15) is 5.10 Å². The average molecular weight is 344 g/mol. The highest BCUT2D eigenvalue weighted by Gasteiger charge is 2.36. The van der Waals surface area contributed by atoms with Crippen molar-refractivity contribution in [1.29, 1.82) is 0 Å². The Morgan fingerprint density at radius 1 is 1.28 bits per heavy atom. The molecule has 0 bridgehead atoms. The quantitative estimate of drug-likeness (QED) is 0.833. The van der Waals surface area contributed by atoms with E-state index in [1.807, 2.05) is 6.92 Å². The minimum atomic E-state index is -0.510. The SMILES string of the molecule is CCCN1CC(=O)N(Cc2cnn(-c3ccccc3F)c2)[C@@H](C)C1=O. The molecule has 6 nitrogen and oxygen atoms in total. The second-order valence-corrected chi connectivity index (χ2v) is 6.20. The van der Waals surface area contributed by atoms with Crippen LogP contribution in [-0.2, 0) is 16.1 Å². The van der Waals surface area contributed by atoms with E-state index in [0.29, 0.717) is 12.2 Å². The standard InChI is InChI=1S/C18H21FN4O2/c1-3-8-21-12-17(24)22(13(2)18(21)25)10-14-9-20-23(11-14)16-7-5-4-6-15(16)19/h4-7,9,11,13H,3,8,10,12H2,1-2H3/t13-/m0/s1. The van der Waals surface area contributed by atoms with E-state index in [2.05, 4.69) is 5.10 Å². The molecule has 0 spiro atoms. The lowest BCUT2D eigenvalue weighted by Crippen LogP contribution is -2.58. The van der Waals surface area contributed by atoms with Crippen molar-refractivity contribution in [3.63, 3.8) is 0 Å². The highest BCUT2D eigenvalue weighted by molar-refractivity contribution is 5.94. The molecular formula is C18H21FN4O2. The lowest BCUT2D eigenvalue weighted by atomic mass is 10.1. The average Bonchev–Trinajstić information content (AvgIpc) is 3.05. The van der Waals surface area contributed by atoms with Crippen molar-refractivity contribution in [2.75, 3.05) is 13.1 Å². The van der Waals surface area contributed by atoms with E-state index >= 15 is 0 Å². The predicted octanol–water partition coefficient (Wildman–Crippen LogP) is 1.98. The van der Waals surface area contributed by atoms with E-state index in [0.717, 1.165) is 12.0 Å². The molecule has 1 aliphatic rings. The number of aromatic nitrogens is 2. The van der Waals surface area contributed by atoms with E-state index in [1.165, 1.54) is 10.7 Å². The van der Waals surface area contributed by atoms with Gasteiger partial charge in [0.05, 0.1) is 12.7 Å². The Balaban J connectivity index is 1.76. The third-order valence-corrected chi connectivity index (χ3v) is 4.36. The molecule has 1 aromatic carbocycles. The van der Waals surface area contributed by atoms with Gasteiger partial charge in [-0.1, -0.05) is 19.1 Å². The third-order valence-electron chi connectivity index (χ3n) is 4.36. The van der Waals surface area contributed by atoms with Crippen LogP contribution >= 0.6 is 0 Å². The molecule has 7 heteroatoms. The highest BCUT2D eigenvalue weighted by Crippen LogP contribution is 2.18. The summed E-state index contributed by atoms with van der Waals surface area (Å²) >= 11 is 0. The first-order valence-corrected chi connectivity index (χ1v) is 8.38. The number of carbonyl (C=O) groups excluding carboxylic acids is 2. The topological polar surface area (TPSA) is 58.4 Å². The fraction of sp³-hybridized carbons (Fsp3) is 0.389. The second-order valence-electron chi connectivity index (χ2n) is 6.20. The van der Waals surface area contributed by atoms with Gasteiger partial charge in [-0.3, -0.25) is 9.59 Å². The number of para-hydroxylation sites is 1. The summed E-state index contributed by atoms with van der Waals surface area (Å²) in [5.74, 6) is -0.493. The van der Waals surface area contributed by atoms with Crippen molar-refractivity contribution in [2.45, 2.75) is 32.9 Å². The van der Waals surface area contributed by atoms with Gasteiger partial charge in [-0.05, 0) is 25.5 Å². The molecule has 1 saturated heterocycles. The molecule has 0 aliphatic carbocycles. The van der Waals surface area contributed by atoms with Gasteiger partial charge in [0, 0.05) is 24.8 Å². The molecule has 2 heterocycles. The number of rotatable bonds is 5. The monoisotopic (exact) mass is 344 g/mol. The first-order chi connectivity index (χ1) is 12.0. The smallest absolute Gasteiger partial charge is 0.245 e. The summed E-state index contributed by atoms with van der Waals surface area (Å²) in [4.78, 5) is 28.0. The largest absolute Gasteiger partial charge is 0.332 e. The van der Waals surface area contributed by atoms with Crippen LogP contribution in [0.5, 0.6) is 0 Å². The van der Waals surface area contributed by atoms with Crippen LogP contribution in [0, 0.1) is 5.82 Å². The molecule has 1 aliphatic heterocycles. The Labute approximate surface area is 145 Å². The number of hydrogen-bond donors (Lipinski definition) is 0. The summed E-state index contributed by atoms with van der Waals surface area (Å²) < 4.78 is 15.3. The zero-order valence-corrected chi connectivity index (χ0v) is 14.4. The van der Waals surface area contributed by atoms with Crippen LogP contribution < -0.4 is 0 Å². The molecule has 25 heavy (non-hydrogen) atoms. The predicted molar refractivity (Wildman–Crippen MR) is 90.4 cm³/mol. The Hall–Kier alpha value is -2.70. The Bertz CT molecular complexity index is 789. The molecule has 1 aromatic heterocycles. The van der Waals surface area contributed by atoms with Crippen LogP contribution in [0.25, 0.3) is 5.69 Å². The third kappa shape index (κ3) is 3.40. The highest BCUT2D eigenvalue weighted by atomic mass is 19.1. The van der Waals surface area contributed by atoms with Gasteiger partial charge >= 0.3 is 0 Å². The molecule has 132 valence electrons.